The van der Waals surface area contributed by atoms with Crippen LogP contribution in [0.3, 0.4) is 0 Å². The molecule has 0 aromatic carbocycles. The van der Waals surface area contributed by atoms with Crippen LogP contribution in [-0.2, 0) is 9.53 Å². The van der Waals surface area contributed by atoms with Crippen molar-refractivity contribution in [2.75, 3.05) is 6.61 Å². The third kappa shape index (κ3) is 9.65. The monoisotopic (exact) mass is 225 g/mol. The Bertz CT molecular complexity index is 126. The predicted octanol–water partition coefficient (Wildman–Crippen LogP) is -1.10. The molecule has 0 heterocycles. The first kappa shape index (κ1) is 16.9. The Morgan fingerprint density at radius 2 is 2.00 bits per heavy atom. The van der Waals surface area contributed by atoms with E-state index in [2.05, 4.69) is 6.58 Å². The van der Waals surface area contributed by atoms with Gasteiger partial charge in [0.05, 0.1) is 6.61 Å². The summed E-state index contributed by atoms with van der Waals surface area (Å²) in [6.45, 7) is 7.51. The van der Waals surface area contributed by atoms with Crippen molar-refractivity contribution in [3.05, 3.63) is 12.2 Å². The molecule has 0 amide bonds. The molecular formula is C7H16BrNO2. The number of hydrogen-bond acceptors (Lipinski definition) is 2. The van der Waals surface area contributed by atoms with Crippen molar-refractivity contribution in [2.45, 2.75) is 20.3 Å². The average molecular weight is 226 g/mol. The van der Waals surface area contributed by atoms with Crippen LogP contribution in [0.15, 0.2) is 12.2 Å². The molecule has 0 saturated carbocycles. The Morgan fingerprint density at radius 3 is 2.27 bits per heavy atom. The molecule has 0 atom stereocenters. The molecule has 0 rings (SSSR count). The molecule has 0 fully saturated rings. The second-order valence-electron chi connectivity index (χ2n) is 1.92. The van der Waals surface area contributed by atoms with Crippen LogP contribution in [-0.4, -0.2) is 12.6 Å². The van der Waals surface area contributed by atoms with E-state index in [0.717, 1.165) is 6.42 Å². The van der Waals surface area contributed by atoms with E-state index in [1.165, 1.54) is 0 Å². The van der Waals surface area contributed by atoms with Crippen LogP contribution in [0.1, 0.15) is 20.3 Å². The normalized spacial score (nSPS) is 7.09. The summed E-state index contributed by atoms with van der Waals surface area (Å²) in [5.41, 5.74) is 0.462. The van der Waals surface area contributed by atoms with Crippen molar-refractivity contribution in [3.63, 3.8) is 0 Å². The second kappa shape index (κ2) is 9.65. The van der Waals surface area contributed by atoms with Gasteiger partial charge in [0.15, 0.2) is 0 Å². The quantitative estimate of drug-likeness (QED) is 0.490. The standard InChI is InChI=1S/C7H12O2.BrH.H3N/c1-4-5-9-7(8)6(2)3;;/h2,4-5H2,1,3H3;1H;1H3. The molecule has 0 aromatic heterocycles. The minimum atomic E-state index is -0.295. The number of rotatable bonds is 3. The minimum Gasteiger partial charge on any atom is -1.00 e. The first-order valence-electron chi connectivity index (χ1n) is 3.01. The van der Waals surface area contributed by atoms with E-state index in [0.29, 0.717) is 12.2 Å². The van der Waals surface area contributed by atoms with E-state index < -0.39 is 0 Å². The smallest absolute Gasteiger partial charge is 0.333 e. The summed E-state index contributed by atoms with van der Waals surface area (Å²) < 4.78 is 4.71. The molecular weight excluding hydrogens is 210 g/mol. The van der Waals surface area contributed by atoms with Gasteiger partial charge in [0, 0.05) is 5.57 Å². The summed E-state index contributed by atoms with van der Waals surface area (Å²) in [5, 5.41) is 0. The summed E-state index contributed by atoms with van der Waals surface area (Å²) in [6.07, 6.45) is 0.860. The van der Waals surface area contributed by atoms with Crippen LogP contribution in [0.25, 0.3) is 0 Å². The average Bonchev–Trinajstić information content (AvgIpc) is 1.82. The molecule has 0 unspecified atom stereocenters. The number of carbonyl (C=O) groups excluding carboxylic acids is 1. The lowest BCUT2D eigenvalue weighted by Gasteiger charge is -1.99. The highest BCUT2D eigenvalue weighted by molar-refractivity contribution is 5.86. The zero-order chi connectivity index (χ0) is 7.28. The van der Waals surface area contributed by atoms with Crippen molar-refractivity contribution in [1.29, 1.82) is 0 Å². The Hall–Kier alpha value is -0.350. The van der Waals surface area contributed by atoms with Gasteiger partial charge in [-0.15, -0.1) is 0 Å². The molecule has 3 nitrogen and oxygen atoms in total. The van der Waals surface area contributed by atoms with Crippen LogP contribution in [0.4, 0.5) is 0 Å². The van der Waals surface area contributed by atoms with Gasteiger partial charge in [0.2, 0.25) is 0 Å². The molecule has 11 heavy (non-hydrogen) atoms. The largest absolute Gasteiger partial charge is 1.00 e. The predicted molar refractivity (Wildman–Crippen MR) is 42.0 cm³/mol. The Labute approximate surface area is 78.2 Å². The van der Waals surface area contributed by atoms with Gasteiger partial charge in [0.25, 0.3) is 0 Å². The van der Waals surface area contributed by atoms with E-state index in [4.69, 9.17) is 4.74 Å². The first-order valence-corrected chi connectivity index (χ1v) is 3.01. The number of ether oxygens (including phenoxy) is 1. The van der Waals surface area contributed by atoms with Gasteiger partial charge >= 0.3 is 5.97 Å². The zero-order valence-corrected chi connectivity index (χ0v) is 8.90. The van der Waals surface area contributed by atoms with Crippen molar-refractivity contribution in [1.82, 2.24) is 6.15 Å². The highest BCUT2D eigenvalue weighted by atomic mass is 79.9. The first-order chi connectivity index (χ1) is 4.18. The van der Waals surface area contributed by atoms with Gasteiger partial charge in [-0.25, -0.2) is 4.79 Å². The van der Waals surface area contributed by atoms with E-state index in [-0.39, 0.29) is 29.1 Å². The molecule has 0 aliphatic carbocycles. The van der Waals surface area contributed by atoms with Crippen molar-refractivity contribution >= 4 is 5.97 Å². The maximum Gasteiger partial charge on any atom is 0.333 e. The van der Waals surface area contributed by atoms with Crippen LogP contribution in [0.2, 0.25) is 0 Å². The fourth-order valence-electron chi connectivity index (χ4n) is 0.318. The molecule has 4 heteroatoms. The Balaban J connectivity index is -0.000000320. The van der Waals surface area contributed by atoms with Gasteiger partial charge in [0.1, 0.15) is 0 Å². The van der Waals surface area contributed by atoms with Crippen LogP contribution < -0.4 is 23.1 Å². The Morgan fingerprint density at radius 1 is 1.55 bits per heavy atom. The minimum absolute atomic E-state index is 0. The SMILES string of the molecule is C=C(C)C(=O)OCCC.[Br-].[NH4+]. The highest BCUT2D eigenvalue weighted by Gasteiger charge is 1.99. The maximum absolute atomic E-state index is 10.6. The van der Waals surface area contributed by atoms with Crippen molar-refractivity contribution in [2.24, 2.45) is 0 Å². The Kier molecular flexibility index (Phi) is 14.9. The van der Waals surface area contributed by atoms with Crippen LogP contribution in [0.5, 0.6) is 0 Å². The zero-order valence-electron chi connectivity index (χ0n) is 7.32. The van der Waals surface area contributed by atoms with Gasteiger partial charge in [-0.2, -0.15) is 0 Å². The second-order valence-corrected chi connectivity index (χ2v) is 1.92. The topological polar surface area (TPSA) is 62.8 Å². The lowest BCUT2D eigenvalue weighted by molar-refractivity contribution is -0.138. The van der Waals surface area contributed by atoms with E-state index >= 15 is 0 Å². The fourth-order valence-corrected chi connectivity index (χ4v) is 0.318. The fraction of sp³-hybridized carbons (Fsp3) is 0.571. The molecule has 0 radical (unpaired) electrons. The summed E-state index contributed by atoms with van der Waals surface area (Å²) in [5.74, 6) is -0.295. The third-order valence-electron chi connectivity index (χ3n) is 0.786. The molecule has 0 aliphatic heterocycles. The summed E-state index contributed by atoms with van der Waals surface area (Å²) in [7, 11) is 0. The van der Waals surface area contributed by atoms with Gasteiger partial charge < -0.3 is 27.9 Å². The van der Waals surface area contributed by atoms with Crippen molar-refractivity contribution < 1.29 is 26.5 Å². The van der Waals surface area contributed by atoms with Gasteiger partial charge in [-0.3, -0.25) is 0 Å². The third-order valence-corrected chi connectivity index (χ3v) is 0.786. The van der Waals surface area contributed by atoms with E-state index in [9.17, 15) is 4.79 Å². The molecule has 0 saturated heterocycles. The van der Waals surface area contributed by atoms with Crippen molar-refractivity contribution in [3.8, 4) is 0 Å². The molecule has 68 valence electrons. The number of carbonyl (C=O) groups is 1. The molecule has 4 N–H and O–H groups in total. The molecule has 0 bridgehead atoms. The van der Waals surface area contributed by atoms with E-state index in [1.807, 2.05) is 6.92 Å². The van der Waals surface area contributed by atoms with Gasteiger partial charge in [-0.05, 0) is 13.3 Å². The number of hydrogen-bond donors (Lipinski definition) is 1. The number of esters is 1. The number of halogens is 1. The molecule has 0 aromatic rings. The summed E-state index contributed by atoms with van der Waals surface area (Å²) >= 11 is 0. The lowest BCUT2D eigenvalue weighted by Crippen LogP contribution is -3.00. The van der Waals surface area contributed by atoms with Crippen LogP contribution in [0, 0.1) is 0 Å². The lowest BCUT2D eigenvalue weighted by atomic mass is 10.4. The maximum atomic E-state index is 10.6. The number of quaternary nitrogens is 1. The van der Waals surface area contributed by atoms with Crippen LogP contribution >= 0.6 is 0 Å². The van der Waals surface area contributed by atoms with E-state index in [1.54, 1.807) is 6.92 Å². The highest BCUT2D eigenvalue weighted by Crippen LogP contribution is 1.91. The van der Waals surface area contributed by atoms with Gasteiger partial charge in [-0.1, -0.05) is 13.5 Å². The summed E-state index contributed by atoms with van der Waals surface area (Å²) in [6, 6.07) is 0. The molecule has 0 spiro atoms. The molecule has 0 aliphatic rings. The summed E-state index contributed by atoms with van der Waals surface area (Å²) in [4.78, 5) is 10.6.